The average molecular weight is 423 g/mol. The third-order valence-electron chi connectivity index (χ3n) is 6.11. The highest BCUT2D eigenvalue weighted by molar-refractivity contribution is 7.19. The number of thiazole rings is 1. The summed E-state index contributed by atoms with van der Waals surface area (Å²) in [6.45, 7) is 8.04. The highest BCUT2D eigenvalue weighted by Gasteiger charge is 2.37. The smallest absolute Gasteiger partial charge is 0.280 e. The Labute approximate surface area is 179 Å². The maximum Gasteiger partial charge on any atom is 0.280 e. The van der Waals surface area contributed by atoms with Gasteiger partial charge in [-0.15, -0.1) is 0 Å². The molecule has 1 amide bonds. The lowest BCUT2D eigenvalue weighted by Gasteiger charge is -2.22. The van der Waals surface area contributed by atoms with Crippen LogP contribution in [0.5, 0.6) is 0 Å². The van der Waals surface area contributed by atoms with E-state index in [9.17, 15) is 4.79 Å². The molecule has 1 fully saturated rings. The van der Waals surface area contributed by atoms with Gasteiger partial charge >= 0.3 is 0 Å². The first-order chi connectivity index (χ1) is 14.5. The predicted molar refractivity (Wildman–Crippen MR) is 120 cm³/mol. The fourth-order valence-electron chi connectivity index (χ4n) is 4.47. The molecule has 4 heterocycles. The zero-order valence-electron chi connectivity index (χ0n) is 17.3. The lowest BCUT2D eigenvalue weighted by molar-refractivity contribution is 0.0944. The molecule has 2 aliphatic rings. The number of anilines is 2. The number of rotatable bonds is 4. The fourth-order valence-corrected chi connectivity index (χ4v) is 5.29. The summed E-state index contributed by atoms with van der Waals surface area (Å²) < 4.78 is 0. The molecule has 30 heavy (non-hydrogen) atoms. The highest BCUT2D eigenvalue weighted by atomic mass is 32.1. The van der Waals surface area contributed by atoms with Crippen LogP contribution in [0.3, 0.4) is 0 Å². The molecule has 0 saturated carbocycles. The Kier molecular flexibility index (Phi) is 4.91. The van der Waals surface area contributed by atoms with Gasteiger partial charge in [0.2, 0.25) is 0 Å². The van der Waals surface area contributed by atoms with E-state index in [1.165, 1.54) is 16.9 Å². The number of carbonyl (C=O) groups is 1. The van der Waals surface area contributed by atoms with Crippen molar-refractivity contribution < 1.29 is 4.79 Å². The molecule has 3 aromatic rings. The van der Waals surface area contributed by atoms with Gasteiger partial charge < -0.3 is 15.5 Å². The number of hydrogen-bond donors (Lipinski definition) is 2. The quantitative estimate of drug-likeness (QED) is 0.672. The van der Waals surface area contributed by atoms with Gasteiger partial charge in [-0.05, 0) is 43.5 Å². The topological polar surface area (TPSA) is 83.0 Å². The Balaban J connectivity index is 1.43. The molecule has 8 heteroatoms. The summed E-state index contributed by atoms with van der Waals surface area (Å²) in [4.78, 5) is 29.3. The molecule has 0 bridgehead atoms. The molecule has 2 aliphatic heterocycles. The minimum atomic E-state index is -0.121. The number of piperidine rings is 1. The molecule has 0 radical (unpaired) electrons. The van der Waals surface area contributed by atoms with E-state index in [0.29, 0.717) is 23.0 Å². The number of benzene rings is 1. The Morgan fingerprint density at radius 3 is 2.90 bits per heavy atom. The summed E-state index contributed by atoms with van der Waals surface area (Å²) in [5.74, 6) is 1.18. The Morgan fingerprint density at radius 1 is 1.27 bits per heavy atom. The third-order valence-corrected chi connectivity index (χ3v) is 7.08. The first-order valence-corrected chi connectivity index (χ1v) is 11.3. The van der Waals surface area contributed by atoms with E-state index in [0.717, 1.165) is 48.8 Å². The minimum absolute atomic E-state index is 0.0128. The van der Waals surface area contributed by atoms with Crippen molar-refractivity contribution in [3.8, 4) is 0 Å². The maximum atomic E-state index is 12.8. The van der Waals surface area contributed by atoms with E-state index >= 15 is 0 Å². The molecule has 0 unspecified atom stereocenters. The molecule has 1 saturated heterocycles. The Morgan fingerprint density at radius 2 is 2.07 bits per heavy atom. The van der Waals surface area contributed by atoms with Crippen LogP contribution in [0.4, 0.5) is 11.5 Å². The van der Waals surface area contributed by atoms with E-state index in [-0.39, 0.29) is 11.3 Å². The van der Waals surface area contributed by atoms with Gasteiger partial charge in [0.25, 0.3) is 5.91 Å². The summed E-state index contributed by atoms with van der Waals surface area (Å²) in [6, 6.07) is 8.42. The summed E-state index contributed by atoms with van der Waals surface area (Å²) in [6.07, 6.45) is 3.76. The maximum absolute atomic E-state index is 12.8. The van der Waals surface area contributed by atoms with Crippen LogP contribution in [0.25, 0.3) is 10.3 Å². The predicted octanol–water partition coefficient (Wildman–Crippen LogP) is 3.25. The van der Waals surface area contributed by atoms with Crippen LogP contribution in [0.2, 0.25) is 0 Å². The van der Waals surface area contributed by atoms with Gasteiger partial charge in [-0.25, -0.2) is 15.0 Å². The SMILES string of the molecule is CC1(C)CN(c2ncnc3sc(C(=O)NCC4CCNCC4)nc23)c2ccccc21. The van der Waals surface area contributed by atoms with E-state index in [4.69, 9.17) is 0 Å². The lowest BCUT2D eigenvalue weighted by Crippen LogP contribution is -2.35. The third kappa shape index (κ3) is 3.44. The number of hydrogen-bond acceptors (Lipinski definition) is 7. The van der Waals surface area contributed by atoms with Gasteiger partial charge in [-0.3, -0.25) is 4.79 Å². The van der Waals surface area contributed by atoms with Crippen LogP contribution in [0.1, 0.15) is 42.1 Å². The van der Waals surface area contributed by atoms with Gasteiger partial charge in [-0.2, -0.15) is 0 Å². The number of aromatic nitrogens is 3. The van der Waals surface area contributed by atoms with Gasteiger partial charge in [0.1, 0.15) is 16.7 Å². The molecule has 156 valence electrons. The van der Waals surface area contributed by atoms with E-state index in [2.05, 4.69) is 62.5 Å². The first-order valence-electron chi connectivity index (χ1n) is 10.5. The highest BCUT2D eigenvalue weighted by Crippen LogP contribution is 2.45. The number of fused-ring (bicyclic) bond motifs is 2. The van der Waals surface area contributed by atoms with Gasteiger partial charge in [-0.1, -0.05) is 43.4 Å². The number of amides is 1. The second-order valence-corrected chi connectivity index (χ2v) is 9.74. The van der Waals surface area contributed by atoms with Crippen molar-refractivity contribution in [2.24, 2.45) is 5.92 Å². The van der Waals surface area contributed by atoms with Gasteiger partial charge in [0.05, 0.1) is 0 Å². The van der Waals surface area contributed by atoms with Crippen LogP contribution in [0.15, 0.2) is 30.6 Å². The van der Waals surface area contributed by atoms with Crippen molar-refractivity contribution in [3.63, 3.8) is 0 Å². The number of carbonyl (C=O) groups excluding carboxylic acids is 1. The molecule has 0 atom stereocenters. The summed E-state index contributed by atoms with van der Waals surface area (Å²) >= 11 is 1.33. The second kappa shape index (κ2) is 7.59. The number of nitrogens with zero attached hydrogens (tertiary/aromatic N) is 4. The molecular formula is C22H26N6OS. The summed E-state index contributed by atoms with van der Waals surface area (Å²) in [5, 5.41) is 6.87. The van der Waals surface area contributed by atoms with Crippen molar-refractivity contribution in [1.82, 2.24) is 25.6 Å². The normalized spacial score (nSPS) is 18.5. The van der Waals surface area contributed by atoms with Crippen molar-refractivity contribution in [2.45, 2.75) is 32.1 Å². The monoisotopic (exact) mass is 422 g/mol. The molecule has 1 aromatic carbocycles. The number of nitrogens with one attached hydrogen (secondary N) is 2. The lowest BCUT2D eigenvalue weighted by atomic mass is 9.87. The summed E-state index contributed by atoms with van der Waals surface area (Å²) in [5.41, 5.74) is 3.15. The van der Waals surface area contributed by atoms with Crippen molar-refractivity contribution in [3.05, 3.63) is 41.2 Å². The molecule has 2 N–H and O–H groups in total. The Bertz CT molecular complexity index is 1090. The molecule has 5 rings (SSSR count). The van der Waals surface area contributed by atoms with Crippen molar-refractivity contribution in [1.29, 1.82) is 0 Å². The summed E-state index contributed by atoms with van der Waals surface area (Å²) in [7, 11) is 0. The Hall–Kier alpha value is -2.58. The van der Waals surface area contributed by atoms with Crippen LogP contribution in [-0.2, 0) is 5.41 Å². The molecule has 2 aromatic heterocycles. The molecule has 7 nitrogen and oxygen atoms in total. The standard InChI is InChI=1S/C22H26N6OS/c1-22(2)12-28(16-6-4-3-5-15(16)22)18-17-20(26-13-25-18)30-21(27-17)19(29)24-11-14-7-9-23-10-8-14/h3-6,13-14,23H,7-12H2,1-2H3,(H,24,29). The van der Waals surface area contributed by atoms with Gasteiger partial charge in [0, 0.05) is 24.2 Å². The van der Waals surface area contributed by atoms with Crippen LogP contribution < -0.4 is 15.5 Å². The molecule has 0 aliphatic carbocycles. The fraction of sp³-hybridized carbons (Fsp3) is 0.455. The van der Waals surface area contributed by atoms with Gasteiger partial charge in [0.15, 0.2) is 10.8 Å². The van der Waals surface area contributed by atoms with E-state index in [1.807, 2.05) is 6.07 Å². The largest absolute Gasteiger partial charge is 0.350 e. The van der Waals surface area contributed by atoms with Crippen LogP contribution >= 0.6 is 11.3 Å². The van der Waals surface area contributed by atoms with E-state index in [1.54, 1.807) is 6.33 Å². The molecular weight excluding hydrogens is 396 g/mol. The van der Waals surface area contributed by atoms with Crippen LogP contribution in [0, 0.1) is 5.92 Å². The number of para-hydroxylation sites is 1. The first kappa shape index (κ1) is 19.4. The minimum Gasteiger partial charge on any atom is -0.350 e. The van der Waals surface area contributed by atoms with E-state index < -0.39 is 0 Å². The van der Waals surface area contributed by atoms with Crippen molar-refractivity contribution >= 4 is 39.1 Å². The zero-order chi connectivity index (χ0) is 20.7. The molecule has 0 spiro atoms. The average Bonchev–Trinajstić information content (AvgIpc) is 3.32. The zero-order valence-corrected chi connectivity index (χ0v) is 18.1. The van der Waals surface area contributed by atoms with Crippen molar-refractivity contribution in [2.75, 3.05) is 31.1 Å². The second-order valence-electron chi connectivity index (χ2n) is 8.76. The van der Waals surface area contributed by atoms with Crippen LogP contribution in [-0.4, -0.2) is 47.0 Å².